The van der Waals surface area contributed by atoms with Crippen LogP contribution in [0.1, 0.15) is 23.2 Å². The first-order chi connectivity index (χ1) is 9.09. The summed E-state index contributed by atoms with van der Waals surface area (Å²) in [5, 5.41) is 9.77. The average molecular weight is 278 g/mol. The van der Waals surface area contributed by atoms with Crippen LogP contribution in [-0.2, 0) is 4.79 Å². The van der Waals surface area contributed by atoms with Crippen molar-refractivity contribution in [3.8, 4) is 5.75 Å². The SMILES string of the molecule is O=C(CC(=O)C1CC=CN=C1Cl)c1ccccc1O. The largest absolute Gasteiger partial charge is 0.507 e. The van der Waals surface area contributed by atoms with E-state index in [0.717, 1.165) is 0 Å². The standard InChI is InChI=1S/C14H12ClNO3/c15-14-10(5-3-7-16-14)13(19)8-12(18)9-4-1-2-6-11(9)17/h1-4,6-7,10,17H,5,8H2. The lowest BCUT2D eigenvalue weighted by atomic mass is 9.94. The fraction of sp³-hybridized carbons (Fsp3) is 0.214. The third-order valence-corrected chi connectivity index (χ3v) is 3.25. The van der Waals surface area contributed by atoms with Gasteiger partial charge in [0, 0.05) is 6.20 Å². The smallest absolute Gasteiger partial charge is 0.173 e. The molecule has 0 saturated heterocycles. The van der Waals surface area contributed by atoms with Crippen LogP contribution in [0.4, 0.5) is 0 Å². The molecule has 0 fully saturated rings. The lowest BCUT2D eigenvalue weighted by molar-refractivity contribution is -0.120. The van der Waals surface area contributed by atoms with Crippen LogP contribution in [0.15, 0.2) is 41.5 Å². The molecule has 1 aromatic carbocycles. The normalized spacial score (nSPS) is 17.9. The van der Waals surface area contributed by atoms with Crippen molar-refractivity contribution < 1.29 is 14.7 Å². The molecule has 1 unspecified atom stereocenters. The Kier molecular flexibility index (Phi) is 4.12. The van der Waals surface area contributed by atoms with Crippen molar-refractivity contribution in [2.75, 3.05) is 0 Å². The van der Waals surface area contributed by atoms with Crippen molar-refractivity contribution in [1.29, 1.82) is 0 Å². The van der Waals surface area contributed by atoms with Gasteiger partial charge in [0.25, 0.3) is 0 Å². The Hall–Kier alpha value is -1.94. The first-order valence-electron chi connectivity index (χ1n) is 5.81. The minimum atomic E-state index is -0.554. The molecule has 19 heavy (non-hydrogen) atoms. The highest BCUT2D eigenvalue weighted by Gasteiger charge is 2.26. The van der Waals surface area contributed by atoms with Crippen LogP contribution in [0.2, 0.25) is 0 Å². The number of aliphatic imine (C=N–C) groups is 1. The second-order valence-electron chi connectivity index (χ2n) is 4.21. The predicted molar refractivity (Wildman–Crippen MR) is 72.6 cm³/mol. The van der Waals surface area contributed by atoms with Crippen LogP contribution in [0.25, 0.3) is 0 Å². The van der Waals surface area contributed by atoms with E-state index in [-0.39, 0.29) is 28.7 Å². The molecule has 1 atom stereocenters. The van der Waals surface area contributed by atoms with Crippen molar-refractivity contribution in [3.63, 3.8) is 0 Å². The van der Waals surface area contributed by atoms with Gasteiger partial charge in [-0.25, -0.2) is 4.99 Å². The van der Waals surface area contributed by atoms with Gasteiger partial charge in [-0.15, -0.1) is 0 Å². The third kappa shape index (κ3) is 3.09. The number of para-hydroxylation sites is 1. The van der Waals surface area contributed by atoms with E-state index < -0.39 is 11.7 Å². The molecule has 0 aromatic heterocycles. The molecule has 1 heterocycles. The molecule has 0 saturated carbocycles. The molecule has 98 valence electrons. The van der Waals surface area contributed by atoms with Crippen LogP contribution in [0.5, 0.6) is 5.75 Å². The molecule has 2 rings (SSSR count). The number of carbonyl (C=O) groups excluding carboxylic acids is 2. The second kappa shape index (κ2) is 5.80. The zero-order chi connectivity index (χ0) is 13.8. The van der Waals surface area contributed by atoms with Crippen LogP contribution in [0, 0.1) is 5.92 Å². The summed E-state index contributed by atoms with van der Waals surface area (Å²) in [7, 11) is 0. The Bertz CT molecular complexity index is 578. The number of Topliss-reactive ketones (excluding diaryl/α,β-unsaturated/α-hetero) is 2. The monoisotopic (exact) mass is 277 g/mol. The number of phenols is 1. The van der Waals surface area contributed by atoms with Gasteiger partial charge in [0.2, 0.25) is 0 Å². The predicted octanol–water partition coefficient (Wildman–Crippen LogP) is 2.71. The van der Waals surface area contributed by atoms with Gasteiger partial charge >= 0.3 is 0 Å². The number of halogens is 1. The molecule has 0 amide bonds. The Morgan fingerprint density at radius 3 is 2.79 bits per heavy atom. The zero-order valence-electron chi connectivity index (χ0n) is 10.0. The van der Waals surface area contributed by atoms with E-state index in [1.807, 2.05) is 0 Å². The lowest BCUT2D eigenvalue weighted by Crippen LogP contribution is -2.24. The van der Waals surface area contributed by atoms with Gasteiger partial charge in [-0.1, -0.05) is 29.8 Å². The number of carbonyl (C=O) groups is 2. The van der Waals surface area contributed by atoms with Gasteiger partial charge in [-0.3, -0.25) is 9.59 Å². The van der Waals surface area contributed by atoms with E-state index in [2.05, 4.69) is 4.99 Å². The summed E-state index contributed by atoms with van der Waals surface area (Å²) in [5.74, 6) is -1.38. The molecule has 1 aromatic rings. The van der Waals surface area contributed by atoms with Crippen molar-refractivity contribution >= 4 is 28.3 Å². The van der Waals surface area contributed by atoms with E-state index in [4.69, 9.17) is 11.6 Å². The Morgan fingerprint density at radius 2 is 2.11 bits per heavy atom. The van der Waals surface area contributed by atoms with E-state index in [1.165, 1.54) is 18.3 Å². The summed E-state index contributed by atoms with van der Waals surface area (Å²) in [6, 6.07) is 6.15. The highest BCUT2D eigenvalue weighted by atomic mass is 35.5. The minimum Gasteiger partial charge on any atom is -0.507 e. The topological polar surface area (TPSA) is 66.7 Å². The molecule has 0 radical (unpaired) electrons. The molecule has 5 heteroatoms. The first-order valence-corrected chi connectivity index (χ1v) is 6.19. The average Bonchev–Trinajstić information content (AvgIpc) is 2.39. The summed E-state index contributed by atoms with van der Waals surface area (Å²) in [6.07, 6.45) is 3.44. The van der Waals surface area contributed by atoms with Gasteiger partial charge in [-0.05, 0) is 18.6 Å². The molecule has 1 aliphatic heterocycles. The Labute approximate surface area is 115 Å². The molecule has 1 N–H and O–H groups in total. The van der Waals surface area contributed by atoms with Crippen molar-refractivity contribution in [2.45, 2.75) is 12.8 Å². The number of aromatic hydroxyl groups is 1. The Morgan fingerprint density at radius 1 is 1.37 bits per heavy atom. The molecule has 0 spiro atoms. The lowest BCUT2D eigenvalue weighted by Gasteiger charge is -2.14. The van der Waals surface area contributed by atoms with Gasteiger partial charge in [0.05, 0.1) is 17.9 Å². The number of rotatable bonds is 4. The molecule has 1 aliphatic rings. The van der Waals surface area contributed by atoms with Gasteiger partial charge in [0.15, 0.2) is 11.6 Å². The number of hydrogen-bond acceptors (Lipinski definition) is 4. The number of allylic oxidation sites excluding steroid dienone is 1. The number of ketones is 2. The molecule has 0 bridgehead atoms. The van der Waals surface area contributed by atoms with Crippen molar-refractivity contribution in [3.05, 3.63) is 42.1 Å². The maximum absolute atomic E-state index is 12.0. The number of phenolic OH excluding ortho intramolecular Hbond substituents is 1. The van der Waals surface area contributed by atoms with Gasteiger partial charge in [-0.2, -0.15) is 0 Å². The van der Waals surface area contributed by atoms with Gasteiger partial charge < -0.3 is 5.11 Å². The number of benzene rings is 1. The van der Waals surface area contributed by atoms with Crippen LogP contribution in [0.3, 0.4) is 0 Å². The molecule has 0 aliphatic carbocycles. The van der Waals surface area contributed by atoms with Crippen molar-refractivity contribution in [1.82, 2.24) is 0 Å². The number of hydrogen-bond donors (Lipinski definition) is 1. The van der Waals surface area contributed by atoms with Crippen LogP contribution >= 0.6 is 11.6 Å². The quantitative estimate of drug-likeness (QED) is 0.680. The van der Waals surface area contributed by atoms with E-state index >= 15 is 0 Å². The molecular formula is C14H12ClNO3. The minimum absolute atomic E-state index is 0.122. The fourth-order valence-electron chi connectivity index (χ4n) is 1.86. The number of nitrogens with zero attached hydrogens (tertiary/aromatic N) is 1. The van der Waals surface area contributed by atoms with E-state index in [0.29, 0.717) is 6.42 Å². The molecular weight excluding hydrogens is 266 g/mol. The highest BCUT2D eigenvalue weighted by molar-refractivity contribution is 6.67. The summed E-state index contributed by atoms with van der Waals surface area (Å²) in [5.41, 5.74) is 0.148. The maximum atomic E-state index is 12.0. The summed E-state index contributed by atoms with van der Waals surface area (Å²) >= 11 is 5.86. The van der Waals surface area contributed by atoms with Crippen molar-refractivity contribution in [2.24, 2.45) is 10.9 Å². The summed E-state index contributed by atoms with van der Waals surface area (Å²) < 4.78 is 0. The van der Waals surface area contributed by atoms with Crippen LogP contribution < -0.4 is 0 Å². The fourth-order valence-corrected chi connectivity index (χ4v) is 2.13. The second-order valence-corrected chi connectivity index (χ2v) is 4.60. The first kappa shape index (κ1) is 13.5. The van der Waals surface area contributed by atoms with E-state index in [9.17, 15) is 14.7 Å². The summed E-state index contributed by atoms with van der Waals surface area (Å²) in [6.45, 7) is 0. The maximum Gasteiger partial charge on any atom is 0.173 e. The highest BCUT2D eigenvalue weighted by Crippen LogP contribution is 2.22. The Balaban J connectivity index is 2.08. The molecule has 4 nitrogen and oxygen atoms in total. The van der Waals surface area contributed by atoms with Crippen LogP contribution in [-0.4, -0.2) is 21.8 Å². The third-order valence-electron chi connectivity index (χ3n) is 2.89. The zero-order valence-corrected chi connectivity index (χ0v) is 10.8. The summed E-state index contributed by atoms with van der Waals surface area (Å²) in [4.78, 5) is 27.8. The van der Waals surface area contributed by atoms with Gasteiger partial charge in [0.1, 0.15) is 10.9 Å². The van der Waals surface area contributed by atoms with E-state index in [1.54, 1.807) is 18.2 Å².